The van der Waals surface area contributed by atoms with Gasteiger partial charge in [-0.2, -0.15) is 13.2 Å². The van der Waals surface area contributed by atoms with E-state index in [-0.39, 0.29) is 5.69 Å². The van der Waals surface area contributed by atoms with Crippen LogP contribution < -0.4 is 4.31 Å². The van der Waals surface area contributed by atoms with E-state index in [1.807, 2.05) is 0 Å². The highest BCUT2D eigenvalue weighted by molar-refractivity contribution is 7.93. The van der Waals surface area contributed by atoms with Gasteiger partial charge in [0.05, 0.1) is 27.7 Å². The number of hydrogen-bond acceptors (Lipinski definition) is 4. The maximum Gasteiger partial charge on any atom is 0.417 e. The molecule has 0 aromatic heterocycles. The molecule has 0 saturated heterocycles. The molecule has 0 fully saturated rings. The summed E-state index contributed by atoms with van der Waals surface area (Å²) in [5.41, 5.74) is -2.28. The molecule has 2 rings (SSSR count). The molecule has 0 aliphatic rings. The predicted octanol–water partition coefficient (Wildman–Crippen LogP) is 4.65. The van der Waals surface area contributed by atoms with Gasteiger partial charge in [0.1, 0.15) is 0 Å². The average molecular weight is 421 g/mol. The van der Waals surface area contributed by atoms with Crippen molar-refractivity contribution >= 4 is 33.0 Å². The molecule has 2 aromatic carbocycles. The first-order valence-electron chi connectivity index (χ1n) is 7.24. The molecule has 0 N–H and O–H groups in total. The van der Waals surface area contributed by atoms with Crippen molar-refractivity contribution in [3.05, 3.63) is 75.8 Å². The molecule has 6 nitrogen and oxygen atoms in total. The zero-order valence-corrected chi connectivity index (χ0v) is 15.1. The van der Waals surface area contributed by atoms with Crippen molar-refractivity contribution in [1.82, 2.24) is 0 Å². The van der Waals surface area contributed by atoms with Crippen LogP contribution in [-0.2, 0) is 16.2 Å². The van der Waals surface area contributed by atoms with Crippen LogP contribution in [0.25, 0.3) is 0 Å². The van der Waals surface area contributed by atoms with E-state index in [9.17, 15) is 31.7 Å². The summed E-state index contributed by atoms with van der Waals surface area (Å²) in [5.74, 6) is 0. The van der Waals surface area contributed by atoms with E-state index in [4.69, 9.17) is 11.6 Å². The van der Waals surface area contributed by atoms with Crippen LogP contribution in [0.1, 0.15) is 5.56 Å². The van der Waals surface area contributed by atoms with Gasteiger partial charge in [-0.3, -0.25) is 14.4 Å². The Kier molecular flexibility index (Phi) is 5.81. The highest BCUT2D eigenvalue weighted by Crippen LogP contribution is 2.38. The number of alkyl halides is 3. The SMILES string of the molecule is C=CCN(c1ccc(Cl)c(C(F)(F)F)c1)S(=O)(=O)c1ccccc1[N+](=O)[O-]. The molecule has 0 aliphatic carbocycles. The summed E-state index contributed by atoms with van der Waals surface area (Å²) in [7, 11) is -4.56. The number of hydrogen-bond donors (Lipinski definition) is 0. The number of anilines is 1. The first kappa shape index (κ1) is 20.7. The van der Waals surface area contributed by atoms with Crippen molar-refractivity contribution in [3.8, 4) is 0 Å². The lowest BCUT2D eigenvalue weighted by Crippen LogP contribution is -2.32. The van der Waals surface area contributed by atoms with Crippen LogP contribution in [0, 0.1) is 10.1 Å². The van der Waals surface area contributed by atoms with Gasteiger partial charge >= 0.3 is 6.18 Å². The lowest BCUT2D eigenvalue weighted by atomic mass is 10.2. The first-order valence-corrected chi connectivity index (χ1v) is 9.05. The second-order valence-corrected chi connectivity index (χ2v) is 7.45. The lowest BCUT2D eigenvalue weighted by molar-refractivity contribution is -0.387. The molecule has 0 aliphatic heterocycles. The van der Waals surface area contributed by atoms with Crippen molar-refractivity contribution in [2.24, 2.45) is 0 Å². The van der Waals surface area contributed by atoms with Crippen LogP contribution in [0.3, 0.4) is 0 Å². The van der Waals surface area contributed by atoms with Gasteiger partial charge in [-0.1, -0.05) is 29.8 Å². The number of rotatable bonds is 6. The third-order valence-corrected chi connectivity index (χ3v) is 5.64. The Hall–Kier alpha value is -2.59. The van der Waals surface area contributed by atoms with Crippen molar-refractivity contribution in [1.29, 1.82) is 0 Å². The molecule has 11 heteroatoms. The van der Waals surface area contributed by atoms with Gasteiger partial charge in [-0.05, 0) is 24.3 Å². The van der Waals surface area contributed by atoms with Gasteiger partial charge in [0.2, 0.25) is 0 Å². The quantitative estimate of drug-likeness (QED) is 0.387. The highest BCUT2D eigenvalue weighted by Gasteiger charge is 2.36. The monoisotopic (exact) mass is 420 g/mol. The van der Waals surface area contributed by atoms with Crippen LogP contribution in [-0.4, -0.2) is 19.9 Å². The third-order valence-electron chi connectivity index (χ3n) is 3.47. The topological polar surface area (TPSA) is 80.5 Å². The molecule has 2 aromatic rings. The maximum atomic E-state index is 13.1. The van der Waals surface area contributed by atoms with Gasteiger partial charge in [0.15, 0.2) is 4.90 Å². The molecule has 0 bridgehead atoms. The van der Waals surface area contributed by atoms with Crippen molar-refractivity contribution in [2.45, 2.75) is 11.1 Å². The molecule has 0 unspecified atom stereocenters. The van der Waals surface area contributed by atoms with E-state index in [0.717, 1.165) is 30.3 Å². The number of para-hydroxylation sites is 1. The van der Waals surface area contributed by atoms with E-state index in [0.29, 0.717) is 10.4 Å². The van der Waals surface area contributed by atoms with Crippen molar-refractivity contribution in [2.75, 3.05) is 10.8 Å². The summed E-state index contributed by atoms with van der Waals surface area (Å²) < 4.78 is 65.8. The van der Waals surface area contributed by atoms with E-state index >= 15 is 0 Å². The van der Waals surface area contributed by atoms with E-state index < -0.39 is 48.8 Å². The smallest absolute Gasteiger partial charge is 0.262 e. The Balaban J connectivity index is 2.69. The number of nitro benzene ring substituents is 1. The van der Waals surface area contributed by atoms with Gasteiger partial charge in [0, 0.05) is 6.07 Å². The minimum absolute atomic E-state index is 0.357. The molecular formula is C16H12ClF3N2O4S. The van der Waals surface area contributed by atoms with Gasteiger partial charge < -0.3 is 0 Å². The molecule has 27 heavy (non-hydrogen) atoms. The van der Waals surface area contributed by atoms with Gasteiger partial charge in [-0.25, -0.2) is 8.42 Å². The highest BCUT2D eigenvalue weighted by atomic mass is 35.5. The van der Waals surface area contributed by atoms with Crippen LogP contribution in [0.2, 0.25) is 5.02 Å². The number of nitro groups is 1. The predicted molar refractivity (Wildman–Crippen MR) is 94.3 cm³/mol. The van der Waals surface area contributed by atoms with Gasteiger partial charge in [-0.15, -0.1) is 6.58 Å². The molecular weight excluding hydrogens is 409 g/mol. The zero-order chi connectivity index (χ0) is 20.4. The summed E-state index contributed by atoms with van der Waals surface area (Å²) in [6.07, 6.45) is -3.66. The Labute approximate surface area is 157 Å². The summed E-state index contributed by atoms with van der Waals surface area (Å²) in [6, 6.07) is 7.09. The fourth-order valence-electron chi connectivity index (χ4n) is 2.29. The maximum absolute atomic E-state index is 13.1. The standard InChI is InChI=1S/C16H12ClF3N2O4S/c1-2-9-21(11-7-8-13(17)12(10-11)16(18,19)20)27(25,26)15-6-4-3-5-14(15)22(23)24/h2-8,10H,1,9H2. The molecule has 0 radical (unpaired) electrons. The Bertz CT molecular complexity index is 993. The van der Waals surface area contributed by atoms with Crippen LogP contribution in [0.15, 0.2) is 60.0 Å². The van der Waals surface area contributed by atoms with E-state index in [1.54, 1.807) is 0 Å². The fourth-order valence-corrected chi connectivity index (χ4v) is 4.10. The number of nitrogens with zero attached hydrogens (tertiary/aromatic N) is 2. The summed E-state index contributed by atoms with van der Waals surface area (Å²) in [6.45, 7) is 2.98. The molecule has 144 valence electrons. The third kappa shape index (κ3) is 4.22. The molecule has 0 spiro atoms. The summed E-state index contributed by atoms with van der Waals surface area (Å²) >= 11 is 5.56. The minimum atomic E-state index is -4.81. The summed E-state index contributed by atoms with van der Waals surface area (Å²) in [5, 5.41) is 10.5. The second kappa shape index (κ2) is 7.57. The zero-order valence-electron chi connectivity index (χ0n) is 13.5. The van der Waals surface area contributed by atoms with Crippen LogP contribution in [0.4, 0.5) is 24.5 Å². The Morgan fingerprint density at radius 2 is 1.85 bits per heavy atom. The van der Waals surface area contributed by atoms with Gasteiger partial charge in [0.25, 0.3) is 15.7 Å². The van der Waals surface area contributed by atoms with Crippen LogP contribution in [0.5, 0.6) is 0 Å². The molecule has 0 heterocycles. The largest absolute Gasteiger partial charge is 0.417 e. The molecule has 0 amide bonds. The van der Waals surface area contributed by atoms with Crippen LogP contribution >= 0.6 is 11.6 Å². The second-order valence-electron chi connectivity index (χ2n) is 5.21. The number of benzene rings is 2. The van der Waals surface area contributed by atoms with E-state index in [2.05, 4.69) is 6.58 Å². The molecule has 0 atom stereocenters. The van der Waals surface area contributed by atoms with Crippen molar-refractivity contribution in [3.63, 3.8) is 0 Å². The summed E-state index contributed by atoms with van der Waals surface area (Å²) in [4.78, 5) is 9.61. The molecule has 0 saturated carbocycles. The Morgan fingerprint density at radius 3 is 2.41 bits per heavy atom. The lowest BCUT2D eigenvalue weighted by Gasteiger charge is -2.24. The minimum Gasteiger partial charge on any atom is -0.262 e. The first-order chi connectivity index (χ1) is 12.5. The number of halogens is 4. The van der Waals surface area contributed by atoms with E-state index in [1.165, 1.54) is 12.1 Å². The number of sulfonamides is 1. The normalized spacial score (nSPS) is 11.9. The fraction of sp³-hybridized carbons (Fsp3) is 0.125. The van der Waals surface area contributed by atoms with Crippen molar-refractivity contribution < 1.29 is 26.5 Å². The average Bonchev–Trinajstić information content (AvgIpc) is 2.59. The Morgan fingerprint density at radius 1 is 1.22 bits per heavy atom.